The Morgan fingerprint density at radius 2 is 1.46 bits per heavy atom. The molecule has 0 aliphatic rings. The van der Waals surface area contributed by atoms with Gasteiger partial charge in [-0.1, -0.05) is 36.4 Å². The van der Waals surface area contributed by atoms with Crippen LogP contribution in [0.5, 0.6) is 0 Å². The van der Waals surface area contributed by atoms with Gasteiger partial charge < -0.3 is 16.8 Å². The van der Waals surface area contributed by atoms with E-state index in [4.69, 9.17) is 11.5 Å². The van der Waals surface area contributed by atoms with Crippen molar-refractivity contribution < 1.29 is 14.0 Å². The summed E-state index contributed by atoms with van der Waals surface area (Å²) < 4.78 is 13.1. The van der Waals surface area contributed by atoms with Crippen LogP contribution in [0.15, 0.2) is 72.8 Å². The first-order chi connectivity index (χ1) is 13.4. The van der Waals surface area contributed by atoms with Crippen LogP contribution in [-0.2, 0) is 4.79 Å². The van der Waals surface area contributed by atoms with E-state index >= 15 is 0 Å². The maximum absolute atomic E-state index is 13.1. The van der Waals surface area contributed by atoms with Crippen LogP contribution in [0.3, 0.4) is 0 Å². The molecule has 0 saturated heterocycles. The Kier molecular flexibility index (Phi) is 5.50. The number of nitrogens with two attached hydrogens (primary N) is 2. The van der Waals surface area contributed by atoms with Gasteiger partial charge in [-0.05, 0) is 53.6 Å². The van der Waals surface area contributed by atoms with Crippen LogP contribution in [0.1, 0.15) is 21.5 Å². The summed E-state index contributed by atoms with van der Waals surface area (Å²) in [5.74, 6) is -1.34. The number of nitrogens with one attached hydrogen (secondary N) is 1. The molecule has 5 N–H and O–H groups in total. The molecule has 140 valence electrons. The van der Waals surface area contributed by atoms with Gasteiger partial charge in [-0.3, -0.25) is 9.59 Å². The third-order valence-electron chi connectivity index (χ3n) is 4.11. The Balaban J connectivity index is 1.81. The number of rotatable bonds is 5. The highest BCUT2D eigenvalue weighted by molar-refractivity contribution is 6.23. The molecule has 2 amide bonds. The van der Waals surface area contributed by atoms with Gasteiger partial charge in [0.2, 0.25) is 5.91 Å². The van der Waals surface area contributed by atoms with Crippen molar-refractivity contribution in [2.24, 2.45) is 5.73 Å². The van der Waals surface area contributed by atoms with Gasteiger partial charge >= 0.3 is 0 Å². The van der Waals surface area contributed by atoms with Crippen molar-refractivity contribution in [3.8, 4) is 0 Å². The maximum atomic E-state index is 13.1. The smallest absolute Gasteiger partial charge is 0.255 e. The summed E-state index contributed by atoms with van der Waals surface area (Å²) in [5, 5.41) is 2.75. The molecule has 28 heavy (non-hydrogen) atoms. The molecule has 0 unspecified atom stereocenters. The predicted octanol–water partition coefficient (Wildman–Crippen LogP) is 3.69. The Labute approximate surface area is 161 Å². The van der Waals surface area contributed by atoms with Crippen molar-refractivity contribution >= 4 is 34.8 Å². The topological polar surface area (TPSA) is 98.2 Å². The van der Waals surface area contributed by atoms with Crippen LogP contribution in [0.25, 0.3) is 11.6 Å². The molecule has 0 bridgehead atoms. The normalized spacial score (nSPS) is 11.1. The lowest BCUT2D eigenvalue weighted by atomic mass is 10.0. The summed E-state index contributed by atoms with van der Waals surface area (Å²) in [7, 11) is 0. The van der Waals surface area contributed by atoms with E-state index < -0.39 is 11.7 Å². The number of halogens is 1. The minimum Gasteiger partial charge on any atom is -0.397 e. The first-order valence-electron chi connectivity index (χ1n) is 8.47. The Hall–Kier alpha value is -3.93. The zero-order valence-electron chi connectivity index (χ0n) is 14.9. The minimum absolute atomic E-state index is 0.245. The molecule has 5 nitrogen and oxygen atoms in total. The van der Waals surface area contributed by atoms with Gasteiger partial charge in [0.05, 0.1) is 11.4 Å². The Morgan fingerprint density at radius 1 is 0.857 bits per heavy atom. The SMILES string of the molecule is NC(=O)C(=Cc1ccc(C(=O)Nc2ccccc2N)cc1)c1ccc(F)cc1. The number of carbonyl (C=O) groups is 2. The summed E-state index contributed by atoms with van der Waals surface area (Å²) in [6, 6.07) is 19.1. The first-order valence-corrected chi connectivity index (χ1v) is 8.47. The van der Waals surface area contributed by atoms with E-state index in [-0.39, 0.29) is 11.5 Å². The van der Waals surface area contributed by atoms with Crippen LogP contribution in [0, 0.1) is 5.82 Å². The molecule has 3 aromatic carbocycles. The Morgan fingerprint density at radius 3 is 2.07 bits per heavy atom. The number of hydrogen-bond donors (Lipinski definition) is 3. The molecule has 3 rings (SSSR count). The fourth-order valence-electron chi connectivity index (χ4n) is 2.63. The second-order valence-corrected chi connectivity index (χ2v) is 6.09. The van der Waals surface area contributed by atoms with E-state index in [1.807, 2.05) is 0 Å². The van der Waals surface area contributed by atoms with E-state index in [0.717, 1.165) is 0 Å². The monoisotopic (exact) mass is 375 g/mol. The number of anilines is 2. The van der Waals surface area contributed by atoms with Gasteiger partial charge in [0.1, 0.15) is 5.82 Å². The van der Waals surface area contributed by atoms with Crippen LogP contribution < -0.4 is 16.8 Å². The number of para-hydroxylation sites is 2. The average molecular weight is 375 g/mol. The second kappa shape index (κ2) is 8.18. The summed E-state index contributed by atoms with van der Waals surface area (Å²) in [5.41, 5.74) is 14.2. The highest BCUT2D eigenvalue weighted by Gasteiger charge is 2.10. The zero-order chi connectivity index (χ0) is 20.1. The van der Waals surface area contributed by atoms with Crippen LogP contribution >= 0.6 is 0 Å². The number of carbonyl (C=O) groups excluding carboxylic acids is 2. The quantitative estimate of drug-likeness (QED) is 0.360. The molecule has 3 aromatic rings. The largest absolute Gasteiger partial charge is 0.397 e. The summed E-state index contributed by atoms with van der Waals surface area (Å²) in [6.07, 6.45) is 1.59. The molecule has 0 radical (unpaired) electrons. The van der Waals surface area contributed by atoms with Crippen molar-refractivity contribution in [2.75, 3.05) is 11.1 Å². The third kappa shape index (κ3) is 4.42. The van der Waals surface area contributed by atoms with Crippen molar-refractivity contribution in [2.45, 2.75) is 0 Å². The van der Waals surface area contributed by atoms with Crippen LogP contribution in [0.4, 0.5) is 15.8 Å². The molecule has 0 spiro atoms. The van der Waals surface area contributed by atoms with Crippen LogP contribution in [0.2, 0.25) is 0 Å². The lowest BCUT2D eigenvalue weighted by molar-refractivity contribution is -0.112. The highest BCUT2D eigenvalue weighted by atomic mass is 19.1. The predicted molar refractivity (Wildman–Crippen MR) is 109 cm³/mol. The molecule has 0 saturated carbocycles. The zero-order valence-corrected chi connectivity index (χ0v) is 14.9. The van der Waals surface area contributed by atoms with Crippen molar-refractivity contribution in [1.82, 2.24) is 0 Å². The molecular weight excluding hydrogens is 357 g/mol. The lowest BCUT2D eigenvalue weighted by Crippen LogP contribution is -2.13. The number of nitrogen functional groups attached to an aromatic ring is 1. The van der Waals surface area contributed by atoms with Gasteiger partial charge in [0.15, 0.2) is 0 Å². The minimum atomic E-state index is -0.631. The number of amides is 2. The molecule has 0 aliphatic carbocycles. The van der Waals surface area contributed by atoms with E-state index in [1.165, 1.54) is 24.3 Å². The van der Waals surface area contributed by atoms with Gasteiger partial charge in [-0.2, -0.15) is 0 Å². The van der Waals surface area contributed by atoms with Gasteiger partial charge in [-0.15, -0.1) is 0 Å². The standard InChI is InChI=1S/C22H18FN3O2/c23-17-11-9-15(10-12-17)18(21(25)27)13-14-5-7-16(8-6-14)22(28)26-20-4-2-1-3-19(20)24/h1-13H,24H2,(H2,25,27)(H,26,28). The maximum Gasteiger partial charge on any atom is 0.255 e. The fraction of sp³-hybridized carbons (Fsp3) is 0. The van der Waals surface area contributed by atoms with E-state index in [2.05, 4.69) is 5.32 Å². The average Bonchev–Trinajstić information content (AvgIpc) is 2.69. The van der Waals surface area contributed by atoms with Gasteiger partial charge in [-0.25, -0.2) is 4.39 Å². The summed E-state index contributed by atoms with van der Waals surface area (Å²) in [4.78, 5) is 24.2. The van der Waals surface area contributed by atoms with E-state index in [0.29, 0.717) is 28.1 Å². The molecule has 0 atom stereocenters. The van der Waals surface area contributed by atoms with Crippen molar-refractivity contribution in [3.05, 3.63) is 95.3 Å². The first kappa shape index (κ1) is 18.8. The molecular formula is C22H18FN3O2. The van der Waals surface area contributed by atoms with Gasteiger partial charge in [0.25, 0.3) is 5.91 Å². The van der Waals surface area contributed by atoms with Crippen molar-refractivity contribution in [3.63, 3.8) is 0 Å². The van der Waals surface area contributed by atoms with Crippen LogP contribution in [-0.4, -0.2) is 11.8 Å². The summed E-state index contributed by atoms with van der Waals surface area (Å²) in [6.45, 7) is 0. The summed E-state index contributed by atoms with van der Waals surface area (Å²) >= 11 is 0. The molecule has 0 aromatic heterocycles. The number of hydrogen-bond acceptors (Lipinski definition) is 3. The van der Waals surface area contributed by atoms with E-state index in [1.54, 1.807) is 54.6 Å². The number of primary amides is 1. The van der Waals surface area contributed by atoms with Gasteiger partial charge in [0, 0.05) is 11.1 Å². The molecule has 0 fully saturated rings. The highest BCUT2D eigenvalue weighted by Crippen LogP contribution is 2.20. The molecule has 0 heterocycles. The third-order valence-corrected chi connectivity index (χ3v) is 4.11. The molecule has 6 heteroatoms. The fourth-order valence-corrected chi connectivity index (χ4v) is 2.63. The van der Waals surface area contributed by atoms with E-state index in [9.17, 15) is 14.0 Å². The molecule has 0 aliphatic heterocycles. The number of benzene rings is 3. The Bertz CT molecular complexity index is 1040. The second-order valence-electron chi connectivity index (χ2n) is 6.09. The lowest BCUT2D eigenvalue weighted by Gasteiger charge is -2.08. The van der Waals surface area contributed by atoms with Crippen molar-refractivity contribution in [1.29, 1.82) is 0 Å².